The summed E-state index contributed by atoms with van der Waals surface area (Å²) >= 11 is 12.1. The fourth-order valence-electron chi connectivity index (χ4n) is 4.05. The number of carbonyl (C=O) groups is 3. The number of nitrogens with two attached hydrogens (primary N) is 1. The van der Waals surface area contributed by atoms with Gasteiger partial charge < -0.3 is 15.7 Å². The van der Waals surface area contributed by atoms with Crippen LogP contribution in [-0.4, -0.2) is 63.7 Å². The molecule has 1 heterocycles. The standard InChI is InChI=1S/C24H29Cl2F3N4O4/c1-23(2,3)12-33(11-18(34)19-16(25)9-31-10-17(19)26)21(35)15(8-30)20(24(27,28)29)32-14-6-4-13(5-7-14)22(36)37/h8-10,13-14H,4-7,11-12,30H2,1-3H3,(H,36,37). The summed E-state index contributed by atoms with van der Waals surface area (Å²) in [6, 6.07) is -0.831. The number of ketones is 1. The highest BCUT2D eigenvalue weighted by Gasteiger charge is 2.43. The van der Waals surface area contributed by atoms with E-state index in [9.17, 15) is 27.6 Å². The van der Waals surface area contributed by atoms with Crippen LogP contribution in [-0.2, 0) is 9.59 Å². The number of carboxylic acid groups (broad SMARTS) is 1. The lowest BCUT2D eigenvalue weighted by molar-refractivity contribution is -0.142. The molecule has 13 heteroatoms. The summed E-state index contributed by atoms with van der Waals surface area (Å²) in [5, 5.41) is 9.01. The lowest BCUT2D eigenvalue weighted by atomic mass is 9.86. The number of rotatable bonds is 8. The van der Waals surface area contributed by atoms with Crippen LogP contribution in [0.15, 0.2) is 29.2 Å². The van der Waals surface area contributed by atoms with Gasteiger partial charge in [-0.25, -0.2) is 0 Å². The minimum absolute atomic E-state index is 0.0650. The monoisotopic (exact) mass is 564 g/mol. The van der Waals surface area contributed by atoms with Gasteiger partial charge in [0, 0.05) is 25.1 Å². The van der Waals surface area contributed by atoms with Crippen molar-refractivity contribution in [2.24, 2.45) is 22.1 Å². The molecule has 1 amide bonds. The maximum absolute atomic E-state index is 14.1. The first-order valence-corrected chi connectivity index (χ1v) is 12.2. The maximum atomic E-state index is 14.1. The molecule has 0 bridgehead atoms. The lowest BCUT2D eigenvalue weighted by Gasteiger charge is -2.31. The van der Waals surface area contributed by atoms with Gasteiger partial charge in [-0.3, -0.25) is 24.4 Å². The molecule has 204 valence electrons. The molecule has 1 aromatic heterocycles. The number of hydrogen-bond acceptors (Lipinski definition) is 6. The van der Waals surface area contributed by atoms with E-state index in [4.69, 9.17) is 34.0 Å². The Morgan fingerprint density at radius 3 is 2.11 bits per heavy atom. The highest BCUT2D eigenvalue weighted by atomic mass is 35.5. The Hall–Kier alpha value is -2.66. The van der Waals surface area contributed by atoms with Gasteiger partial charge in [0.2, 0.25) is 0 Å². The number of carboxylic acids is 1. The van der Waals surface area contributed by atoms with Crippen LogP contribution in [0, 0.1) is 11.3 Å². The topological polar surface area (TPSA) is 126 Å². The molecule has 0 aliphatic heterocycles. The highest BCUT2D eigenvalue weighted by Crippen LogP contribution is 2.31. The molecule has 2 rings (SSSR count). The molecule has 3 N–H and O–H groups in total. The van der Waals surface area contributed by atoms with Gasteiger partial charge in [-0.15, -0.1) is 0 Å². The SMILES string of the molecule is CC(C)(C)CN(CC(=O)c1c(Cl)cncc1Cl)C(=O)C(=CN)C(=NC1CCC(C(=O)O)CC1)C(F)(F)F. The molecule has 0 radical (unpaired) electrons. The second-order valence-corrected chi connectivity index (χ2v) is 10.8. The minimum Gasteiger partial charge on any atom is -0.481 e. The van der Waals surface area contributed by atoms with Crippen molar-refractivity contribution >= 4 is 46.6 Å². The Morgan fingerprint density at radius 1 is 1.14 bits per heavy atom. The minimum atomic E-state index is -5.03. The number of aliphatic carboxylic acids is 1. The van der Waals surface area contributed by atoms with Gasteiger partial charge in [-0.05, 0) is 31.1 Å². The fourth-order valence-corrected chi connectivity index (χ4v) is 4.63. The molecular weight excluding hydrogens is 536 g/mol. The molecule has 1 aliphatic rings. The predicted octanol–water partition coefficient (Wildman–Crippen LogP) is 4.94. The van der Waals surface area contributed by atoms with Crippen LogP contribution in [0.4, 0.5) is 13.2 Å². The van der Waals surface area contributed by atoms with Crippen LogP contribution in [0.5, 0.6) is 0 Å². The third-order valence-corrected chi connectivity index (χ3v) is 6.27. The molecule has 1 aromatic rings. The van der Waals surface area contributed by atoms with Crippen molar-refractivity contribution in [3.05, 3.63) is 39.8 Å². The number of nitrogens with zero attached hydrogens (tertiary/aromatic N) is 3. The second-order valence-electron chi connectivity index (χ2n) is 10.0. The second kappa shape index (κ2) is 12.3. The van der Waals surface area contributed by atoms with E-state index >= 15 is 0 Å². The van der Waals surface area contributed by atoms with E-state index in [0.29, 0.717) is 6.20 Å². The fraction of sp³-hybridized carbons (Fsp3) is 0.542. The first-order valence-electron chi connectivity index (χ1n) is 11.5. The summed E-state index contributed by atoms with van der Waals surface area (Å²) in [4.78, 5) is 46.2. The zero-order chi connectivity index (χ0) is 28.1. The molecule has 0 unspecified atom stereocenters. The summed E-state index contributed by atoms with van der Waals surface area (Å²) in [5.41, 5.74) is 2.44. The highest BCUT2D eigenvalue weighted by molar-refractivity contribution is 6.39. The summed E-state index contributed by atoms with van der Waals surface area (Å²) < 4.78 is 42.3. The third-order valence-electron chi connectivity index (χ3n) is 5.70. The Bertz CT molecular complexity index is 1070. The van der Waals surface area contributed by atoms with E-state index in [0.717, 1.165) is 4.90 Å². The van der Waals surface area contributed by atoms with E-state index in [-0.39, 0.29) is 47.8 Å². The molecule has 0 aromatic carbocycles. The lowest BCUT2D eigenvalue weighted by Crippen LogP contribution is -2.45. The Morgan fingerprint density at radius 2 is 1.68 bits per heavy atom. The van der Waals surface area contributed by atoms with Crippen molar-refractivity contribution in [2.75, 3.05) is 13.1 Å². The van der Waals surface area contributed by atoms with Gasteiger partial charge in [0.15, 0.2) is 11.5 Å². The third kappa shape index (κ3) is 8.43. The molecule has 1 aliphatic carbocycles. The van der Waals surface area contributed by atoms with Gasteiger partial charge in [0.05, 0.1) is 39.7 Å². The van der Waals surface area contributed by atoms with Crippen molar-refractivity contribution in [3.8, 4) is 0 Å². The number of Topliss-reactive ketones (excluding diaryl/α,β-unsaturated/α-hetero) is 1. The average Bonchev–Trinajstić information content (AvgIpc) is 2.77. The van der Waals surface area contributed by atoms with Gasteiger partial charge in [-0.1, -0.05) is 44.0 Å². The van der Waals surface area contributed by atoms with E-state index in [2.05, 4.69) is 9.98 Å². The summed E-state index contributed by atoms with van der Waals surface area (Å²) in [5.74, 6) is -3.48. The quantitative estimate of drug-likeness (QED) is 0.262. The normalized spacial score (nSPS) is 19.5. The predicted molar refractivity (Wildman–Crippen MR) is 134 cm³/mol. The van der Waals surface area contributed by atoms with E-state index in [1.165, 1.54) is 12.4 Å². The summed E-state index contributed by atoms with van der Waals surface area (Å²) in [7, 11) is 0. The van der Waals surface area contributed by atoms with Gasteiger partial charge in [0.1, 0.15) is 0 Å². The van der Waals surface area contributed by atoms with Crippen LogP contribution in [0.1, 0.15) is 56.8 Å². The van der Waals surface area contributed by atoms with E-state index in [1.54, 1.807) is 20.8 Å². The molecule has 1 saturated carbocycles. The van der Waals surface area contributed by atoms with E-state index in [1.807, 2.05) is 0 Å². The Labute approximate surface area is 222 Å². The largest absolute Gasteiger partial charge is 0.481 e. The number of hydrogen-bond donors (Lipinski definition) is 2. The van der Waals surface area contributed by atoms with Gasteiger partial charge >= 0.3 is 12.1 Å². The smallest absolute Gasteiger partial charge is 0.433 e. The number of carbonyl (C=O) groups excluding carboxylic acids is 2. The molecule has 1 fully saturated rings. The number of alkyl halides is 3. The first-order chi connectivity index (χ1) is 17.0. The number of aromatic nitrogens is 1. The number of aliphatic imine (C=N–C) groups is 1. The average molecular weight is 565 g/mol. The summed E-state index contributed by atoms with van der Waals surface area (Å²) in [6.45, 7) is 4.52. The van der Waals surface area contributed by atoms with Crippen molar-refractivity contribution < 1.29 is 32.7 Å². The van der Waals surface area contributed by atoms with Crippen LogP contribution >= 0.6 is 23.2 Å². The van der Waals surface area contributed by atoms with Gasteiger partial charge in [-0.2, -0.15) is 13.2 Å². The molecule has 8 nitrogen and oxygen atoms in total. The van der Waals surface area contributed by atoms with Crippen molar-refractivity contribution in [1.82, 2.24) is 9.88 Å². The molecule has 0 spiro atoms. The van der Waals surface area contributed by atoms with Crippen molar-refractivity contribution in [3.63, 3.8) is 0 Å². The van der Waals surface area contributed by atoms with Crippen LogP contribution < -0.4 is 5.73 Å². The van der Waals surface area contributed by atoms with Gasteiger partial charge in [0.25, 0.3) is 5.91 Å². The van der Waals surface area contributed by atoms with Crippen molar-refractivity contribution in [1.29, 1.82) is 0 Å². The number of halogens is 5. The van der Waals surface area contributed by atoms with Crippen LogP contribution in [0.3, 0.4) is 0 Å². The Kier molecular flexibility index (Phi) is 10.1. The molecule has 0 saturated heterocycles. The summed E-state index contributed by atoms with van der Waals surface area (Å²) in [6.07, 6.45) is -1.54. The molecule has 37 heavy (non-hydrogen) atoms. The zero-order valence-corrected chi connectivity index (χ0v) is 22.1. The zero-order valence-electron chi connectivity index (χ0n) is 20.6. The molecular formula is C24H29Cl2F3N4O4. The van der Waals surface area contributed by atoms with Crippen LogP contribution in [0.2, 0.25) is 10.0 Å². The number of pyridine rings is 1. The van der Waals surface area contributed by atoms with E-state index < -0.39 is 59.0 Å². The first kappa shape index (κ1) is 30.6. The maximum Gasteiger partial charge on any atom is 0.433 e. The van der Waals surface area contributed by atoms with Crippen molar-refractivity contribution in [2.45, 2.75) is 58.7 Å². The van der Waals surface area contributed by atoms with Crippen LogP contribution in [0.25, 0.3) is 0 Å². The Balaban J connectivity index is 2.42. The number of amides is 1. The molecule has 0 atom stereocenters.